The van der Waals surface area contributed by atoms with Crippen LogP contribution in [0.4, 0.5) is 16.2 Å². The van der Waals surface area contributed by atoms with Gasteiger partial charge in [0.25, 0.3) is 23.6 Å². The molecule has 5 N–H and O–H groups in total. The summed E-state index contributed by atoms with van der Waals surface area (Å²) in [5.41, 5.74) is 9.39. The first kappa shape index (κ1) is 67.4. The number of anilines is 1. The molecule has 83 heavy (non-hydrogen) atoms. The number of nitrogens with zero attached hydrogens (tertiary/aromatic N) is 4. The number of alkyl carbamates (subject to hydrolysis) is 1. The van der Waals surface area contributed by atoms with Gasteiger partial charge < -0.3 is 78.7 Å². The zero-order valence-corrected chi connectivity index (χ0v) is 47.8. The van der Waals surface area contributed by atoms with E-state index in [1.54, 1.807) is 24.3 Å². The van der Waals surface area contributed by atoms with E-state index in [0.29, 0.717) is 167 Å². The Morgan fingerprint density at radius 2 is 1.17 bits per heavy atom. The van der Waals surface area contributed by atoms with E-state index in [0.717, 1.165) is 35.6 Å². The van der Waals surface area contributed by atoms with Crippen LogP contribution in [0.5, 0.6) is 0 Å². The number of piperidine rings is 1. The number of nitrogens with one attached hydrogen (secondary N) is 3. The number of hydrogen-bond acceptors (Lipinski definition) is 21. The van der Waals surface area contributed by atoms with Crippen molar-refractivity contribution in [2.45, 2.75) is 38.6 Å². The third kappa shape index (κ3) is 28.1. The van der Waals surface area contributed by atoms with Gasteiger partial charge in [0.15, 0.2) is 0 Å². The number of aliphatic imine (C=N–C) groups is 1. The first-order valence-corrected chi connectivity index (χ1v) is 28.3. The van der Waals surface area contributed by atoms with Crippen LogP contribution in [0.25, 0.3) is 6.08 Å². The molecule has 1 atom stereocenters. The second kappa shape index (κ2) is 41.5. The highest BCUT2D eigenvalue weighted by molar-refractivity contribution is 6.14. The molecule has 26 heteroatoms. The van der Waals surface area contributed by atoms with Crippen molar-refractivity contribution in [2.24, 2.45) is 10.7 Å². The van der Waals surface area contributed by atoms with Crippen molar-refractivity contribution < 1.29 is 85.7 Å². The maximum absolute atomic E-state index is 13.7. The largest absolute Gasteiger partial charge is 0.447 e. The monoisotopic (exact) mass is 1170 g/mol. The van der Waals surface area contributed by atoms with Gasteiger partial charge in [-0.3, -0.25) is 33.7 Å². The number of amidine groups is 1. The molecule has 0 saturated carbocycles. The number of hydrogen-bond donors (Lipinski definition) is 4. The molecule has 0 bridgehead atoms. The lowest BCUT2D eigenvalue weighted by Crippen LogP contribution is -2.45. The molecule has 3 aliphatic heterocycles. The van der Waals surface area contributed by atoms with E-state index in [4.69, 9.17) is 62.7 Å². The number of hydroxylamine groups is 2. The van der Waals surface area contributed by atoms with Crippen molar-refractivity contribution in [3.05, 3.63) is 77.4 Å². The molecule has 0 aliphatic carbocycles. The Bertz CT molecular complexity index is 2330. The number of nitrogens with two attached hydrogens (primary N) is 1. The lowest BCUT2D eigenvalue weighted by Gasteiger charge is -2.34. The van der Waals surface area contributed by atoms with Gasteiger partial charge in [0, 0.05) is 79.7 Å². The number of amides is 6. The molecule has 0 radical (unpaired) electrons. The summed E-state index contributed by atoms with van der Waals surface area (Å²) in [6.45, 7) is 11.3. The number of para-hydroxylation sites is 1. The van der Waals surface area contributed by atoms with Crippen molar-refractivity contribution in [3.63, 3.8) is 0 Å². The first-order chi connectivity index (χ1) is 40.6. The van der Waals surface area contributed by atoms with Crippen LogP contribution in [0.2, 0.25) is 0 Å². The Kier molecular flexibility index (Phi) is 33.7. The summed E-state index contributed by atoms with van der Waals surface area (Å²) in [6.07, 6.45) is 5.92. The van der Waals surface area contributed by atoms with E-state index in [1.165, 1.54) is 5.06 Å². The SMILES string of the molecule is CCCN(OCCNC(=O)OCCOCCOCCOCCOCCOCCOCCOCCOCCOCCOCCNC(=O)CN1C(=O)C=CC1=O)C(=O)C1=Cc2ccc(C(=O)N3CCC[C@@H](Nc4ccccc4)C3)cc2N=C(N)C1. The van der Waals surface area contributed by atoms with E-state index >= 15 is 0 Å². The second-order valence-electron chi connectivity index (χ2n) is 18.7. The Morgan fingerprint density at radius 3 is 1.71 bits per heavy atom. The van der Waals surface area contributed by atoms with Crippen molar-refractivity contribution in [1.82, 2.24) is 25.5 Å². The van der Waals surface area contributed by atoms with Crippen LogP contribution in [0.1, 0.15) is 48.5 Å². The standard InChI is InChI=1S/C57H84N8O18/c1-2-16-65(56(70)47-40-45-10-11-46(41-50(45)62-51(58)42-47)55(69)63-17-6-9-49(43-63)61-48-7-4-3-5-8-48)83-19-15-60-57(71)82-39-38-81-37-36-80-35-34-79-33-32-78-31-30-77-29-28-76-27-26-75-25-24-74-23-22-73-21-20-72-18-14-59-52(66)44-64-53(67)12-13-54(64)68/h3-5,7-8,10-13,40-41,49,61H,2,6,9,14-39,42-44H2,1H3,(H2,58,62)(H,59,66)(H,60,71)/t49-/m1/s1. The van der Waals surface area contributed by atoms with Gasteiger partial charge in [-0.05, 0) is 49.6 Å². The summed E-state index contributed by atoms with van der Waals surface area (Å²) in [5, 5.41) is 10.00. The Hall–Kier alpha value is -6.43. The van der Waals surface area contributed by atoms with E-state index in [-0.39, 0.29) is 76.2 Å². The molecule has 0 aromatic heterocycles. The topological polar surface area (TPSA) is 297 Å². The number of likely N-dealkylation sites (tertiary alicyclic amines) is 1. The van der Waals surface area contributed by atoms with Crippen molar-refractivity contribution in [1.29, 1.82) is 0 Å². The van der Waals surface area contributed by atoms with Gasteiger partial charge in [-0.2, -0.15) is 0 Å². The van der Waals surface area contributed by atoms with Crippen LogP contribution in [0.15, 0.2) is 71.2 Å². The summed E-state index contributed by atoms with van der Waals surface area (Å²) in [5.74, 6) is -1.67. The Labute approximate surface area is 485 Å². The lowest BCUT2D eigenvalue weighted by molar-refractivity contribution is -0.181. The summed E-state index contributed by atoms with van der Waals surface area (Å²) < 4.78 is 60.0. The predicted octanol–water partition coefficient (Wildman–Crippen LogP) is 2.28. The highest BCUT2D eigenvalue weighted by Crippen LogP contribution is 2.30. The first-order valence-electron chi connectivity index (χ1n) is 28.3. The second-order valence-corrected chi connectivity index (χ2v) is 18.7. The number of carbonyl (C=O) groups excluding carboxylic acids is 6. The van der Waals surface area contributed by atoms with Gasteiger partial charge in [-0.1, -0.05) is 31.2 Å². The van der Waals surface area contributed by atoms with Crippen molar-refractivity contribution in [3.8, 4) is 0 Å². The number of imide groups is 1. The van der Waals surface area contributed by atoms with Crippen LogP contribution >= 0.6 is 0 Å². The number of rotatable bonds is 45. The summed E-state index contributed by atoms with van der Waals surface area (Å²) in [6, 6.07) is 15.4. The molecular formula is C57H84N8O18. The lowest BCUT2D eigenvalue weighted by atomic mass is 10.0. The zero-order valence-electron chi connectivity index (χ0n) is 47.8. The maximum Gasteiger partial charge on any atom is 0.407 e. The summed E-state index contributed by atoms with van der Waals surface area (Å²) in [4.78, 5) is 87.5. The van der Waals surface area contributed by atoms with Gasteiger partial charge in [-0.15, -0.1) is 0 Å². The minimum atomic E-state index is -0.648. The quantitative estimate of drug-likeness (QED) is 0.0420. The normalized spacial score (nSPS) is 14.9. The fourth-order valence-electron chi connectivity index (χ4n) is 8.16. The minimum absolute atomic E-state index is 0.0153. The van der Waals surface area contributed by atoms with Crippen molar-refractivity contribution >= 4 is 58.9 Å². The highest BCUT2D eigenvalue weighted by atomic mass is 16.7. The van der Waals surface area contributed by atoms with Crippen molar-refractivity contribution in [2.75, 3.05) is 190 Å². The maximum atomic E-state index is 13.7. The van der Waals surface area contributed by atoms with Crippen LogP contribution < -0.4 is 21.7 Å². The molecule has 1 fully saturated rings. The molecule has 2 aromatic rings. The smallest absolute Gasteiger partial charge is 0.407 e. The predicted molar refractivity (Wildman–Crippen MR) is 304 cm³/mol. The molecule has 1 saturated heterocycles. The fraction of sp³-hybridized carbons (Fsp3) is 0.596. The molecule has 0 spiro atoms. The van der Waals surface area contributed by atoms with E-state index in [1.807, 2.05) is 42.2 Å². The molecule has 460 valence electrons. The molecule has 6 amide bonds. The molecule has 5 rings (SSSR count). The number of fused-ring (bicyclic) bond motifs is 1. The average Bonchev–Trinajstić information content (AvgIpc) is 3.72. The summed E-state index contributed by atoms with van der Waals surface area (Å²) >= 11 is 0. The van der Waals surface area contributed by atoms with Gasteiger partial charge in [0.2, 0.25) is 5.91 Å². The Balaban J connectivity index is 0.746. The van der Waals surface area contributed by atoms with E-state index < -0.39 is 23.8 Å². The number of benzene rings is 2. The zero-order chi connectivity index (χ0) is 59.0. The highest BCUT2D eigenvalue weighted by Gasteiger charge is 2.28. The summed E-state index contributed by atoms with van der Waals surface area (Å²) in [7, 11) is 0. The van der Waals surface area contributed by atoms with Crippen LogP contribution in [0.3, 0.4) is 0 Å². The molecular weight excluding hydrogens is 1080 g/mol. The average molecular weight is 1170 g/mol. The molecule has 0 unspecified atom stereocenters. The third-order valence-corrected chi connectivity index (χ3v) is 12.2. The molecule has 3 aliphatic rings. The van der Waals surface area contributed by atoms with E-state index in [9.17, 15) is 28.8 Å². The van der Waals surface area contributed by atoms with Gasteiger partial charge in [0.05, 0.1) is 144 Å². The number of ether oxygens (including phenoxy) is 11. The number of carbonyl (C=O) groups is 6. The minimum Gasteiger partial charge on any atom is -0.447 e. The van der Waals surface area contributed by atoms with Crippen LogP contribution in [0, 0.1) is 0 Å². The van der Waals surface area contributed by atoms with E-state index in [2.05, 4.69) is 20.9 Å². The van der Waals surface area contributed by atoms with Gasteiger partial charge in [-0.25, -0.2) is 14.9 Å². The fourth-order valence-corrected chi connectivity index (χ4v) is 8.16. The van der Waals surface area contributed by atoms with Crippen LogP contribution in [-0.2, 0) is 76.1 Å². The third-order valence-electron chi connectivity index (χ3n) is 12.2. The Morgan fingerprint density at radius 1 is 0.651 bits per heavy atom. The molecule has 2 aromatic carbocycles. The molecule has 3 heterocycles. The molecule has 26 nitrogen and oxygen atoms in total. The van der Waals surface area contributed by atoms with Crippen LogP contribution in [-0.4, -0.2) is 247 Å². The van der Waals surface area contributed by atoms with Gasteiger partial charge >= 0.3 is 6.09 Å². The van der Waals surface area contributed by atoms with Gasteiger partial charge in [0.1, 0.15) is 19.0 Å².